The molecule has 0 amide bonds. The van der Waals surface area contributed by atoms with Crippen LogP contribution in [0.15, 0.2) is 97.2 Å². The van der Waals surface area contributed by atoms with Crippen molar-refractivity contribution in [2.24, 2.45) is 0 Å². The number of aliphatic hydroxyl groups excluding tert-OH is 1. The molecular weight excluding hydrogens is 384 g/mol. The summed E-state index contributed by atoms with van der Waals surface area (Å²) in [6.45, 7) is 1.53. The molecule has 0 bridgehead atoms. The first-order chi connectivity index (χ1) is 15.3. The Morgan fingerprint density at radius 2 is 1.52 bits per heavy atom. The fraction of sp³-hybridized carbons (Fsp3) is 0.222. The van der Waals surface area contributed by atoms with E-state index in [0.29, 0.717) is 12.5 Å². The van der Waals surface area contributed by atoms with Gasteiger partial charge >= 0.3 is 0 Å². The van der Waals surface area contributed by atoms with Crippen LogP contribution in [-0.2, 0) is 0 Å². The number of ether oxygens (including phenoxy) is 1. The first-order valence-electron chi connectivity index (χ1n) is 10.8. The predicted octanol–water partition coefficient (Wildman–Crippen LogP) is 4.79. The maximum absolute atomic E-state index is 10.4. The standard InChI is InChI=1S/C27H28N2O2/c30-23(20-31-27-15-7-14-26-25(27)13-8-17-29-26)19-28-18-16-24(21-9-3-1-4-10-21)22-11-5-2-6-12-22/h1-15,17,23-24,28,30H,16,18-20H2. The number of fused-ring (bicyclic) bond motifs is 1. The summed E-state index contributed by atoms with van der Waals surface area (Å²) < 4.78 is 5.87. The Hall–Kier alpha value is -3.21. The molecule has 4 aromatic rings. The van der Waals surface area contributed by atoms with Gasteiger partial charge in [0, 0.05) is 24.0 Å². The monoisotopic (exact) mass is 412 g/mol. The Labute approximate surface area is 183 Å². The third-order valence-corrected chi connectivity index (χ3v) is 5.43. The first-order valence-corrected chi connectivity index (χ1v) is 10.8. The summed E-state index contributed by atoms with van der Waals surface area (Å²) >= 11 is 0. The molecule has 1 aromatic heterocycles. The molecule has 0 radical (unpaired) electrons. The number of aromatic nitrogens is 1. The average molecular weight is 413 g/mol. The van der Waals surface area contributed by atoms with E-state index >= 15 is 0 Å². The van der Waals surface area contributed by atoms with Gasteiger partial charge in [-0.05, 0) is 48.4 Å². The Kier molecular flexibility index (Phi) is 7.27. The molecular formula is C27H28N2O2. The topological polar surface area (TPSA) is 54.4 Å². The van der Waals surface area contributed by atoms with Crippen molar-refractivity contribution in [2.75, 3.05) is 19.7 Å². The van der Waals surface area contributed by atoms with Crippen LogP contribution >= 0.6 is 0 Å². The molecule has 0 aliphatic heterocycles. The fourth-order valence-electron chi connectivity index (χ4n) is 3.86. The van der Waals surface area contributed by atoms with Gasteiger partial charge in [0.15, 0.2) is 0 Å². The van der Waals surface area contributed by atoms with E-state index in [1.165, 1.54) is 11.1 Å². The Morgan fingerprint density at radius 3 is 2.23 bits per heavy atom. The molecule has 1 heterocycles. The van der Waals surface area contributed by atoms with Gasteiger partial charge < -0.3 is 15.2 Å². The minimum absolute atomic E-state index is 0.238. The zero-order chi connectivity index (χ0) is 21.3. The van der Waals surface area contributed by atoms with E-state index in [1.54, 1.807) is 6.20 Å². The lowest BCUT2D eigenvalue weighted by atomic mass is 9.88. The Balaban J connectivity index is 1.28. The number of nitrogens with zero attached hydrogens (tertiary/aromatic N) is 1. The molecule has 0 aliphatic rings. The van der Waals surface area contributed by atoms with Crippen molar-refractivity contribution in [3.8, 4) is 5.75 Å². The lowest BCUT2D eigenvalue weighted by molar-refractivity contribution is 0.107. The fourth-order valence-corrected chi connectivity index (χ4v) is 3.86. The summed E-state index contributed by atoms with van der Waals surface area (Å²) in [5.74, 6) is 1.07. The third-order valence-electron chi connectivity index (χ3n) is 5.43. The van der Waals surface area contributed by atoms with Gasteiger partial charge in [0.2, 0.25) is 0 Å². The summed E-state index contributed by atoms with van der Waals surface area (Å²) in [7, 11) is 0. The van der Waals surface area contributed by atoms with Crippen LogP contribution in [0, 0.1) is 0 Å². The van der Waals surface area contributed by atoms with Crippen LogP contribution in [0.4, 0.5) is 0 Å². The molecule has 31 heavy (non-hydrogen) atoms. The molecule has 0 spiro atoms. The zero-order valence-corrected chi connectivity index (χ0v) is 17.5. The molecule has 2 N–H and O–H groups in total. The molecule has 4 rings (SSSR count). The summed E-state index contributed by atoms with van der Waals surface area (Å²) in [6, 6.07) is 30.8. The van der Waals surface area contributed by atoms with Crippen molar-refractivity contribution in [2.45, 2.75) is 18.4 Å². The predicted molar refractivity (Wildman–Crippen MR) is 125 cm³/mol. The van der Waals surface area contributed by atoms with Gasteiger partial charge in [-0.2, -0.15) is 0 Å². The number of pyridine rings is 1. The molecule has 0 saturated carbocycles. The van der Waals surface area contributed by atoms with Crippen LogP contribution in [0.3, 0.4) is 0 Å². The molecule has 0 saturated heterocycles. The van der Waals surface area contributed by atoms with E-state index in [1.807, 2.05) is 42.5 Å². The number of hydrogen-bond acceptors (Lipinski definition) is 4. The molecule has 0 fully saturated rings. The number of aliphatic hydroxyl groups is 1. The van der Waals surface area contributed by atoms with E-state index < -0.39 is 6.10 Å². The quantitative estimate of drug-likeness (QED) is 0.368. The second-order valence-corrected chi connectivity index (χ2v) is 7.66. The maximum atomic E-state index is 10.4. The molecule has 0 aliphatic carbocycles. The van der Waals surface area contributed by atoms with Crippen molar-refractivity contribution in [1.29, 1.82) is 0 Å². The van der Waals surface area contributed by atoms with E-state index in [4.69, 9.17) is 4.74 Å². The molecule has 4 nitrogen and oxygen atoms in total. The van der Waals surface area contributed by atoms with Crippen molar-refractivity contribution in [3.05, 3.63) is 108 Å². The summed E-state index contributed by atoms with van der Waals surface area (Å²) in [4.78, 5) is 4.34. The van der Waals surface area contributed by atoms with Gasteiger partial charge in [-0.25, -0.2) is 0 Å². The molecule has 1 atom stereocenters. The van der Waals surface area contributed by atoms with Crippen molar-refractivity contribution < 1.29 is 9.84 Å². The summed E-state index contributed by atoms with van der Waals surface area (Å²) in [5, 5.41) is 14.7. The van der Waals surface area contributed by atoms with Gasteiger partial charge in [0.25, 0.3) is 0 Å². The second-order valence-electron chi connectivity index (χ2n) is 7.66. The Morgan fingerprint density at radius 1 is 0.806 bits per heavy atom. The van der Waals surface area contributed by atoms with Crippen LogP contribution < -0.4 is 10.1 Å². The van der Waals surface area contributed by atoms with Gasteiger partial charge in [-0.15, -0.1) is 0 Å². The van der Waals surface area contributed by atoms with E-state index in [-0.39, 0.29) is 6.61 Å². The zero-order valence-electron chi connectivity index (χ0n) is 17.5. The lowest BCUT2D eigenvalue weighted by Crippen LogP contribution is -2.32. The SMILES string of the molecule is OC(CNCCC(c1ccccc1)c1ccccc1)COc1cccc2ncccc12. The number of benzene rings is 3. The molecule has 1 unspecified atom stereocenters. The van der Waals surface area contributed by atoms with E-state index in [0.717, 1.165) is 29.6 Å². The number of nitrogens with one attached hydrogen (secondary N) is 1. The lowest BCUT2D eigenvalue weighted by Gasteiger charge is -2.19. The van der Waals surface area contributed by atoms with Crippen molar-refractivity contribution in [3.63, 3.8) is 0 Å². The Bertz CT molecular complexity index is 1030. The van der Waals surface area contributed by atoms with Gasteiger partial charge in [-0.1, -0.05) is 66.7 Å². The minimum atomic E-state index is -0.584. The van der Waals surface area contributed by atoms with Crippen LogP contribution in [-0.4, -0.2) is 35.9 Å². The van der Waals surface area contributed by atoms with Crippen molar-refractivity contribution in [1.82, 2.24) is 10.3 Å². The highest BCUT2D eigenvalue weighted by Gasteiger charge is 2.14. The second kappa shape index (κ2) is 10.7. The van der Waals surface area contributed by atoms with E-state index in [2.05, 4.69) is 58.8 Å². The average Bonchev–Trinajstić information content (AvgIpc) is 2.84. The van der Waals surface area contributed by atoms with Gasteiger partial charge in [-0.3, -0.25) is 4.98 Å². The summed E-state index contributed by atoms with van der Waals surface area (Å²) in [6.07, 6.45) is 2.14. The third kappa shape index (κ3) is 5.69. The number of hydrogen-bond donors (Lipinski definition) is 2. The highest BCUT2D eigenvalue weighted by molar-refractivity contribution is 5.84. The van der Waals surface area contributed by atoms with Crippen LogP contribution in [0.5, 0.6) is 5.75 Å². The van der Waals surface area contributed by atoms with Crippen LogP contribution in [0.2, 0.25) is 0 Å². The van der Waals surface area contributed by atoms with Gasteiger partial charge in [0.05, 0.1) is 5.52 Å². The molecule has 158 valence electrons. The normalized spacial score (nSPS) is 12.2. The number of rotatable bonds is 10. The maximum Gasteiger partial charge on any atom is 0.128 e. The molecule has 3 aromatic carbocycles. The molecule has 4 heteroatoms. The smallest absolute Gasteiger partial charge is 0.128 e. The summed E-state index contributed by atoms with van der Waals surface area (Å²) in [5.41, 5.74) is 3.51. The van der Waals surface area contributed by atoms with Crippen LogP contribution in [0.25, 0.3) is 10.9 Å². The minimum Gasteiger partial charge on any atom is -0.490 e. The van der Waals surface area contributed by atoms with Crippen LogP contribution in [0.1, 0.15) is 23.5 Å². The largest absolute Gasteiger partial charge is 0.490 e. The highest BCUT2D eigenvalue weighted by Crippen LogP contribution is 2.27. The van der Waals surface area contributed by atoms with E-state index in [9.17, 15) is 5.11 Å². The van der Waals surface area contributed by atoms with Crippen molar-refractivity contribution >= 4 is 10.9 Å². The van der Waals surface area contributed by atoms with Gasteiger partial charge in [0.1, 0.15) is 18.5 Å². The first kappa shape index (κ1) is 21.0. The highest BCUT2D eigenvalue weighted by atomic mass is 16.5.